The van der Waals surface area contributed by atoms with Gasteiger partial charge in [0.2, 0.25) is 5.56 Å². The normalized spacial score (nSPS) is 10.2. The van der Waals surface area contributed by atoms with Crippen LogP contribution >= 0.6 is 0 Å². The van der Waals surface area contributed by atoms with Gasteiger partial charge in [0.05, 0.1) is 11.3 Å². The molecule has 1 heterocycles. The van der Waals surface area contributed by atoms with Gasteiger partial charge in [-0.15, -0.1) is 0 Å². The molecule has 4 nitrogen and oxygen atoms in total. The number of hydrogen-bond acceptors (Lipinski definition) is 2. The number of carboxylic acids is 1. The molecule has 0 bridgehead atoms. The van der Waals surface area contributed by atoms with Crippen molar-refractivity contribution in [3.8, 4) is 11.3 Å². The average molecular weight is 233 g/mol. The highest BCUT2D eigenvalue weighted by molar-refractivity contribution is 5.88. The zero-order valence-corrected chi connectivity index (χ0v) is 8.61. The van der Waals surface area contributed by atoms with Crippen LogP contribution in [-0.4, -0.2) is 16.1 Å². The smallest absolute Gasteiger partial charge is 0.335 e. The minimum absolute atomic E-state index is 0.146. The van der Waals surface area contributed by atoms with Crippen molar-refractivity contribution in [1.82, 2.24) is 4.98 Å². The summed E-state index contributed by atoms with van der Waals surface area (Å²) < 4.78 is 13.5. The van der Waals surface area contributed by atoms with Crippen molar-refractivity contribution >= 4 is 5.97 Å². The van der Waals surface area contributed by atoms with E-state index in [1.165, 1.54) is 24.3 Å². The Hall–Kier alpha value is -2.43. The maximum atomic E-state index is 13.5. The van der Waals surface area contributed by atoms with E-state index in [1.807, 2.05) is 0 Å². The molecule has 2 aromatic rings. The van der Waals surface area contributed by atoms with E-state index >= 15 is 0 Å². The second-order valence-corrected chi connectivity index (χ2v) is 3.43. The first-order chi connectivity index (χ1) is 8.08. The van der Waals surface area contributed by atoms with Gasteiger partial charge in [0.15, 0.2) is 0 Å². The summed E-state index contributed by atoms with van der Waals surface area (Å²) in [6.45, 7) is 0. The first-order valence-corrected chi connectivity index (χ1v) is 4.80. The fourth-order valence-electron chi connectivity index (χ4n) is 1.49. The molecular weight excluding hydrogens is 225 g/mol. The van der Waals surface area contributed by atoms with Crippen LogP contribution in [0.4, 0.5) is 4.39 Å². The van der Waals surface area contributed by atoms with Gasteiger partial charge >= 0.3 is 5.97 Å². The SMILES string of the molecule is O=C(O)c1cc(-c2ccccc2F)[nH]c(=O)c1. The Morgan fingerprint density at radius 3 is 2.59 bits per heavy atom. The summed E-state index contributed by atoms with van der Waals surface area (Å²) in [4.78, 5) is 24.4. The van der Waals surface area contributed by atoms with Crippen LogP contribution in [0, 0.1) is 5.82 Å². The number of aromatic nitrogens is 1. The maximum absolute atomic E-state index is 13.5. The van der Waals surface area contributed by atoms with Crippen molar-refractivity contribution in [2.24, 2.45) is 0 Å². The van der Waals surface area contributed by atoms with Crippen LogP contribution in [0.3, 0.4) is 0 Å². The van der Waals surface area contributed by atoms with Crippen LogP contribution in [0.15, 0.2) is 41.2 Å². The van der Waals surface area contributed by atoms with Crippen molar-refractivity contribution in [3.63, 3.8) is 0 Å². The predicted octanol–water partition coefficient (Wildman–Crippen LogP) is 1.88. The molecule has 0 atom stereocenters. The lowest BCUT2D eigenvalue weighted by molar-refractivity contribution is 0.0696. The minimum Gasteiger partial charge on any atom is -0.478 e. The Labute approximate surface area is 95.4 Å². The standard InChI is InChI=1S/C12H8FNO3/c13-9-4-2-1-3-8(9)10-5-7(12(16)17)6-11(15)14-10/h1-6H,(H,14,15)(H,16,17). The number of nitrogens with one attached hydrogen (secondary N) is 1. The van der Waals surface area contributed by atoms with Gasteiger partial charge in [0.1, 0.15) is 5.82 Å². The molecule has 0 spiro atoms. The molecule has 17 heavy (non-hydrogen) atoms. The van der Waals surface area contributed by atoms with Crippen LogP contribution in [0.1, 0.15) is 10.4 Å². The number of rotatable bonds is 2. The fraction of sp³-hybridized carbons (Fsp3) is 0. The van der Waals surface area contributed by atoms with Gasteiger partial charge in [-0.3, -0.25) is 4.79 Å². The topological polar surface area (TPSA) is 70.2 Å². The fourth-order valence-corrected chi connectivity index (χ4v) is 1.49. The Morgan fingerprint density at radius 1 is 1.24 bits per heavy atom. The highest BCUT2D eigenvalue weighted by atomic mass is 19.1. The number of benzene rings is 1. The van der Waals surface area contributed by atoms with Crippen molar-refractivity contribution < 1.29 is 14.3 Å². The van der Waals surface area contributed by atoms with Crippen LogP contribution in [-0.2, 0) is 0 Å². The van der Waals surface area contributed by atoms with E-state index < -0.39 is 17.3 Å². The summed E-state index contributed by atoms with van der Waals surface area (Å²) in [6.07, 6.45) is 0. The number of aromatic amines is 1. The van der Waals surface area contributed by atoms with Crippen LogP contribution in [0.2, 0.25) is 0 Å². The third kappa shape index (κ3) is 2.23. The largest absolute Gasteiger partial charge is 0.478 e. The van der Waals surface area contributed by atoms with Gasteiger partial charge in [-0.05, 0) is 18.2 Å². The third-order valence-electron chi connectivity index (χ3n) is 2.26. The van der Waals surface area contributed by atoms with Gasteiger partial charge in [-0.25, -0.2) is 9.18 Å². The van der Waals surface area contributed by atoms with Crippen molar-refractivity contribution in [2.45, 2.75) is 0 Å². The second-order valence-electron chi connectivity index (χ2n) is 3.43. The molecule has 0 aliphatic rings. The van der Waals surface area contributed by atoms with Crippen molar-refractivity contribution in [3.05, 3.63) is 58.1 Å². The van der Waals surface area contributed by atoms with Gasteiger partial charge in [-0.2, -0.15) is 0 Å². The van der Waals surface area contributed by atoms with Crippen LogP contribution < -0.4 is 5.56 Å². The summed E-state index contributed by atoms with van der Waals surface area (Å²) in [5, 5.41) is 8.80. The first kappa shape index (κ1) is 11.1. The molecule has 0 radical (unpaired) electrons. The lowest BCUT2D eigenvalue weighted by atomic mass is 10.1. The van der Waals surface area contributed by atoms with E-state index in [9.17, 15) is 14.0 Å². The second kappa shape index (κ2) is 4.21. The average Bonchev–Trinajstić information content (AvgIpc) is 2.28. The molecule has 5 heteroatoms. The van der Waals surface area contributed by atoms with E-state index in [-0.39, 0.29) is 16.8 Å². The Bertz CT molecular complexity index is 634. The zero-order chi connectivity index (χ0) is 12.4. The van der Waals surface area contributed by atoms with E-state index in [0.29, 0.717) is 0 Å². The molecule has 0 unspecified atom stereocenters. The highest BCUT2D eigenvalue weighted by Crippen LogP contribution is 2.19. The van der Waals surface area contributed by atoms with E-state index in [2.05, 4.69) is 4.98 Å². The van der Waals surface area contributed by atoms with Gasteiger partial charge in [-0.1, -0.05) is 12.1 Å². The maximum Gasteiger partial charge on any atom is 0.335 e. The molecule has 1 aromatic carbocycles. The summed E-state index contributed by atoms with van der Waals surface area (Å²) >= 11 is 0. The summed E-state index contributed by atoms with van der Waals surface area (Å²) in [6, 6.07) is 7.99. The molecule has 2 N–H and O–H groups in total. The molecule has 1 aromatic heterocycles. The number of H-pyrrole nitrogens is 1. The lowest BCUT2D eigenvalue weighted by Crippen LogP contribution is -2.10. The van der Waals surface area contributed by atoms with Gasteiger partial charge < -0.3 is 10.1 Å². The number of carbonyl (C=O) groups is 1. The molecule has 0 fully saturated rings. The van der Waals surface area contributed by atoms with Gasteiger partial charge in [0, 0.05) is 11.6 Å². The van der Waals surface area contributed by atoms with Crippen molar-refractivity contribution in [1.29, 1.82) is 0 Å². The number of hydrogen-bond donors (Lipinski definition) is 2. The molecule has 0 saturated carbocycles. The number of aromatic carboxylic acids is 1. The van der Waals surface area contributed by atoms with E-state index in [1.54, 1.807) is 6.07 Å². The highest BCUT2D eigenvalue weighted by Gasteiger charge is 2.10. The first-order valence-electron chi connectivity index (χ1n) is 4.80. The molecular formula is C12H8FNO3. The monoisotopic (exact) mass is 233 g/mol. The summed E-state index contributed by atoms with van der Waals surface area (Å²) in [5.41, 5.74) is -0.448. The van der Waals surface area contributed by atoms with Crippen LogP contribution in [0.25, 0.3) is 11.3 Å². The lowest BCUT2D eigenvalue weighted by Gasteiger charge is -2.03. The molecule has 0 amide bonds. The molecule has 0 aliphatic carbocycles. The summed E-state index contributed by atoms with van der Waals surface area (Å²) in [5.74, 6) is -1.75. The summed E-state index contributed by atoms with van der Waals surface area (Å²) in [7, 11) is 0. The van der Waals surface area contributed by atoms with E-state index in [0.717, 1.165) is 6.07 Å². The Kier molecular flexibility index (Phi) is 2.74. The van der Waals surface area contributed by atoms with Gasteiger partial charge in [0.25, 0.3) is 0 Å². The zero-order valence-electron chi connectivity index (χ0n) is 8.61. The van der Waals surface area contributed by atoms with E-state index in [4.69, 9.17) is 5.11 Å². The quantitative estimate of drug-likeness (QED) is 0.831. The number of carboxylic acid groups (broad SMARTS) is 1. The Morgan fingerprint density at radius 2 is 1.94 bits per heavy atom. The number of pyridine rings is 1. The molecule has 0 aliphatic heterocycles. The molecule has 2 rings (SSSR count). The van der Waals surface area contributed by atoms with Crippen LogP contribution in [0.5, 0.6) is 0 Å². The molecule has 86 valence electrons. The Balaban J connectivity index is 2.64. The van der Waals surface area contributed by atoms with Crippen molar-refractivity contribution in [2.75, 3.05) is 0 Å². The minimum atomic E-state index is -1.23. The predicted molar refractivity (Wildman–Crippen MR) is 59.4 cm³/mol. The number of halogens is 1. The molecule has 0 saturated heterocycles. The third-order valence-corrected chi connectivity index (χ3v) is 2.26.